The van der Waals surface area contributed by atoms with Crippen molar-refractivity contribution in [3.63, 3.8) is 0 Å². The Morgan fingerprint density at radius 1 is 1.03 bits per heavy atom. The molecule has 4 rings (SSSR count). The highest BCUT2D eigenvalue weighted by atomic mass is 32.2. The summed E-state index contributed by atoms with van der Waals surface area (Å²) in [7, 11) is -3.31. The topological polar surface area (TPSA) is 107 Å². The van der Waals surface area contributed by atoms with Crippen molar-refractivity contribution < 1.29 is 22.8 Å². The van der Waals surface area contributed by atoms with E-state index < -0.39 is 27.5 Å². The molecular weight excluding hydrogens is 420 g/mol. The van der Waals surface area contributed by atoms with Gasteiger partial charge < -0.3 is 10.2 Å². The minimum atomic E-state index is -3.31. The summed E-state index contributed by atoms with van der Waals surface area (Å²) >= 11 is 0. The van der Waals surface area contributed by atoms with Crippen molar-refractivity contribution in [3.05, 3.63) is 48.0 Å². The van der Waals surface area contributed by atoms with Gasteiger partial charge in [0.05, 0.1) is 6.26 Å². The standard InChI is InChI=1S/C21H24N4O5S/c1-21(17-8-7-15-5-3-4-6-16(15)13-17)19(27)25(20(28)22-21)14-18(26)23-9-11-24(12-10-23)31(2,29)30/h3-8,13H,9-12,14H2,1-2H3,(H,22,28)/t21-/m0/s1. The molecule has 10 heteroatoms. The quantitative estimate of drug-likeness (QED) is 0.699. The van der Waals surface area contributed by atoms with Crippen LogP contribution in [0.4, 0.5) is 4.79 Å². The molecule has 31 heavy (non-hydrogen) atoms. The molecule has 4 amide bonds. The van der Waals surface area contributed by atoms with Gasteiger partial charge in [0.15, 0.2) is 0 Å². The Hall–Kier alpha value is -2.98. The van der Waals surface area contributed by atoms with Crippen molar-refractivity contribution in [1.29, 1.82) is 0 Å². The number of sulfonamides is 1. The fourth-order valence-electron chi connectivity index (χ4n) is 4.04. The van der Waals surface area contributed by atoms with Crippen molar-refractivity contribution in [2.45, 2.75) is 12.5 Å². The van der Waals surface area contributed by atoms with Gasteiger partial charge in [-0.1, -0.05) is 36.4 Å². The summed E-state index contributed by atoms with van der Waals surface area (Å²) in [6.07, 6.45) is 1.13. The van der Waals surface area contributed by atoms with E-state index in [1.54, 1.807) is 13.0 Å². The van der Waals surface area contributed by atoms with Crippen LogP contribution in [0.2, 0.25) is 0 Å². The second-order valence-electron chi connectivity index (χ2n) is 8.05. The average molecular weight is 445 g/mol. The lowest BCUT2D eigenvalue weighted by Crippen LogP contribution is -2.53. The highest BCUT2D eigenvalue weighted by Gasteiger charge is 2.49. The SMILES string of the molecule is C[C@@]1(c2ccc3ccccc3c2)NC(=O)N(CC(=O)N2CCN(S(C)(=O)=O)CC2)C1=O. The zero-order valence-corrected chi connectivity index (χ0v) is 18.2. The zero-order valence-electron chi connectivity index (χ0n) is 17.4. The van der Waals surface area contributed by atoms with Crippen molar-refractivity contribution >= 4 is 38.6 Å². The van der Waals surface area contributed by atoms with Gasteiger partial charge in [-0.2, -0.15) is 4.31 Å². The molecular formula is C21H24N4O5S. The molecule has 2 heterocycles. The Labute approximate surface area is 180 Å². The van der Waals surface area contributed by atoms with Crippen LogP contribution in [-0.2, 0) is 25.2 Å². The van der Waals surface area contributed by atoms with Crippen LogP contribution in [0.1, 0.15) is 12.5 Å². The number of carbonyl (C=O) groups is 3. The summed E-state index contributed by atoms with van der Waals surface area (Å²) in [6.45, 7) is 2.08. The van der Waals surface area contributed by atoms with Crippen molar-refractivity contribution in [2.75, 3.05) is 39.0 Å². The predicted octanol–water partition coefficient (Wildman–Crippen LogP) is 0.711. The van der Waals surface area contributed by atoms with Gasteiger partial charge in [0, 0.05) is 26.2 Å². The number of amides is 4. The Kier molecular flexibility index (Phi) is 5.22. The first-order valence-corrected chi connectivity index (χ1v) is 11.8. The molecule has 1 atom stereocenters. The molecule has 2 aliphatic rings. The lowest BCUT2D eigenvalue weighted by molar-refractivity contribution is -0.139. The Balaban J connectivity index is 1.48. The molecule has 0 saturated carbocycles. The number of fused-ring (bicyclic) bond motifs is 1. The van der Waals surface area contributed by atoms with E-state index in [0.29, 0.717) is 5.56 Å². The van der Waals surface area contributed by atoms with Crippen LogP contribution in [0.5, 0.6) is 0 Å². The summed E-state index contributed by atoms with van der Waals surface area (Å²) in [4.78, 5) is 40.9. The van der Waals surface area contributed by atoms with Crippen molar-refractivity contribution in [3.8, 4) is 0 Å². The number of rotatable bonds is 4. The number of piperazine rings is 1. The third-order valence-corrected chi connectivity index (χ3v) is 7.26. The van der Waals surface area contributed by atoms with Crippen LogP contribution >= 0.6 is 0 Å². The minimum Gasteiger partial charge on any atom is -0.338 e. The molecule has 2 aromatic carbocycles. The van der Waals surface area contributed by atoms with Crippen molar-refractivity contribution in [2.24, 2.45) is 0 Å². The zero-order chi connectivity index (χ0) is 22.4. The third-order valence-electron chi connectivity index (χ3n) is 5.96. The number of nitrogens with one attached hydrogen (secondary N) is 1. The molecule has 9 nitrogen and oxygen atoms in total. The van der Waals surface area contributed by atoms with Gasteiger partial charge in [-0.3, -0.25) is 14.5 Å². The molecule has 0 bridgehead atoms. The first kappa shape index (κ1) is 21.3. The molecule has 2 aliphatic heterocycles. The maximum Gasteiger partial charge on any atom is 0.325 e. The van der Waals surface area contributed by atoms with Gasteiger partial charge in [-0.05, 0) is 29.3 Å². The molecule has 164 valence electrons. The number of benzene rings is 2. The van der Waals surface area contributed by atoms with E-state index in [0.717, 1.165) is 21.9 Å². The van der Waals surface area contributed by atoms with Gasteiger partial charge in [-0.15, -0.1) is 0 Å². The van der Waals surface area contributed by atoms with E-state index >= 15 is 0 Å². The number of imide groups is 1. The molecule has 0 aromatic heterocycles. The van der Waals surface area contributed by atoms with E-state index in [9.17, 15) is 22.8 Å². The summed E-state index contributed by atoms with van der Waals surface area (Å²) < 4.78 is 24.6. The smallest absolute Gasteiger partial charge is 0.325 e. The number of hydrogen-bond acceptors (Lipinski definition) is 5. The largest absolute Gasteiger partial charge is 0.338 e. The Bertz CT molecular complexity index is 1170. The molecule has 0 radical (unpaired) electrons. The summed E-state index contributed by atoms with van der Waals surface area (Å²) in [5.74, 6) is -0.879. The lowest BCUT2D eigenvalue weighted by atomic mass is 9.90. The summed E-state index contributed by atoms with van der Waals surface area (Å²) in [5.41, 5.74) is -0.627. The lowest BCUT2D eigenvalue weighted by Gasteiger charge is -2.33. The Morgan fingerprint density at radius 3 is 2.32 bits per heavy atom. The van der Waals surface area contributed by atoms with Crippen LogP contribution in [0, 0.1) is 0 Å². The van der Waals surface area contributed by atoms with Crippen LogP contribution in [0.15, 0.2) is 42.5 Å². The van der Waals surface area contributed by atoms with E-state index in [4.69, 9.17) is 0 Å². The first-order chi connectivity index (χ1) is 14.6. The maximum absolute atomic E-state index is 13.2. The van der Waals surface area contributed by atoms with Crippen LogP contribution in [0.25, 0.3) is 10.8 Å². The second-order valence-corrected chi connectivity index (χ2v) is 10.0. The molecule has 2 saturated heterocycles. The summed E-state index contributed by atoms with van der Waals surface area (Å²) in [5, 5.41) is 4.69. The number of urea groups is 1. The average Bonchev–Trinajstić information content (AvgIpc) is 2.96. The first-order valence-electron chi connectivity index (χ1n) is 9.96. The van der Waals surface area contributed by atoms with Gasteiger partial charge in [0.25, 0.3) is 5.91 Å². The van der Waals surface area contributed by atoms with E-state index in [-0.39, 0.29) is 38.6 Å². The highest BCUT2D eigenvalue weighted by Crippen LogP contribution is 2.31. The maximum atomic E-state index is 13.2. The third kappa shape index (κ3) is 3.88. The van der Waals surface area contributed by atoms with Gasteiger partial charge in [0.2, 0.25) is 15.9 Å². The number of carbonyl (C=O) groups excluding carboxylic acids is 3. The summed E-state index contributed by atoms with van der Waals surface area (Å²) in [6, 6.07) is 12.7. The fourth-order valence-corrected chi connectivity index (χ4v) is 4.87. The van der Waals surface area contributed by atoms with Gasteiger partial charge in [0.1, 0.15) is 12.1 Å². The molecule has 2 aromatic rings. The molecule has 0 unspecified atom stereocenters. The number of nitrogens with zero attached hydrogens (tertiary/aromatic N) is 3. The van der Waals surface area contributed by atoms with Crippen LogP contribution in [0.3, 0.4) is 0 Å². The Morgan fingerprint density at radius 2 is 1.68 bits per heavy atom. The molecule has 0 aliphatic carbocycles. The van der Waals surface area contributed by atoms with E-state index in [1.807, 2.05) is 36.4 Å². The second kappa shape index (κ2) is 7.61. The molecule has 1 N–H and O–H groups in total. The van der Waals surface area contributed by atoms with E-state index in [1.165, 1.54) is 9.21 Å². The van der Waals surface area contributed by atoms with Gasteiger partial charge in [-0.25, -0.2) is 13.2 Å². The van der Waals surface area contributed by atoms with E-state index in [2.05, 4.69) is 5.32 Å². The highest BCUT2D eigenvalue weighted by molar-refractivity contribution is 7.88. The molecule has 0 spiro atoms. The normalized spacial score (nSPS) is 22.8. The van der Waals surface area contributed by atoms with Gasteiger partial charge >= 0.3 is 6.03 Å². The van der Waals surface area contributed by atoms with Crippen LogP contribution in [-0.4, -0.2) is 79.3 Å². The van der Waals surface area contributed by atoms with Crippen LogP contribution < -0.4 is 5.32 Å². The predicted molar refractivity (Wildman–Crippen MR) is 115 cm³/mol. The number of hydrogen-bond donors (Lipinski definition) is 1. The minimum absolute atomic E-state index is 0.194. The molecule has 2 fully saturated rings. The fraction of sp³-hybridized carbons (Fsp3) is 0.381. The monoisotopic (exact) mass is 444 g/mol. The van der Waals surface area contributed by atoms with Crippen molar-refractivity contribution in [1.82, 2.24) is 19.4 Å².